The van der Waals surface area contributed by atoms with E-state index >= 15 is 0 Å². The summed E-state index contributed by atoms with van der Waals surface area (Å²) in [6, 6.07) is 10.4. The lowest BCUT2D eigenvalue weighted by atomic mass is 10.1. The second-order valence-corrected chi connectivity index (χ2v) is 3.36. The molecule has 14 heavy (non-hydrogen) atoms. The molecule has 0 amide bonds. The first-order valence-corrected chi connectivity index (χ1v) is 5.15. The van der Waals surface area contributed by atoms with Gasteiger partial charge in [-0.05, 0) is 18.4 Å². The van der Waals surface area contributed by atoms with Crippen LogP contribution in [0.25, 0.3) is 0 Å². The normalized spacial score (nSPS) is 11.6. The van der Waals surface area contributed by atoms with Crippen LogP contribution in [-0.4, -0.2) is 12.4 Å². The second kappa shape index (κ2) is 6.19. The van der Waals surface area contributed by atoms with Crippen LogP contribution >= 0.6 is 0 Å². The fourth-order valence-corrected chi connectivity index (χ4v) is 1.31. The van der Waals surface area contributed by atoms with E-state index in [2.05, 4.69) is 36.2 Å². The zero-order chi connectivity index (χ0) is 10.2. The Hall–Kier alpha value is -1.31. The first-order chi connectivity index (χ1) is 6.83. The first kappa shape index (κ1) is 10.8. The van der Waals surface area contributed by atoms with Crippen LogP contribution in [0.15, 0.2) is 35.3 Å². The average molecular weight is 190 g/mol. The number of hydrogen-bond acceptors (Lipinski definition) is 1. The van der Waals surface area contributed by atoms with Crippen molar-refractivity contribution >= 4 is 5.84 Å². The van der Waals surface area contributed by atoms with Gasteiger partial charge in [-0.3, -0.25) is 4.99 Å². The Labute approximate surface area is 85.9 Å². The maximum absolute atomic E-state index is 5.70. The van der Waals surface area contributed by atoms with Crippen LogP contribution in [0.1, 0.15) is 25.3 Å². The van der Waals surface area contributed by atoms with Gasteiger partial charge in [0.15, 0.2) is 0 Å². The van der Waals surface area contributed by atoms with Crippen molar-refractivity contribution in [2.24, 2.45) is 10.7 Å². The molecule has 0 aliphatic heterocycles. The molecule has 76 valence electrons. The number of nitrogens with two attached hydrogens (primary N) is 1. The number of hydrogen-bond donors (Lipinski definition) is 1. The van der Waals surface area contributed by atoms with Gasteiger partial charge in [-0.25, -0.2) is 0 Å². The van der Waals surface area contributed by atoms with Gasteiger partial charge in [0, 0.05) is 13.0 Å². The molecule has 2 N–H and O–H groups in total. The predicted molar refractivity (Wildman–Crippen MR) is 61.5 cm³/mol. The Morgan fingerprint density at radius 2 is 2.00 bits per heavy atom. The van der Waals surface area contributed by atoms with Crippen molar-refractivity contribution in [3.63, 3.8) is 0 Å². The Balaban J connectivity index is 2.31. The molecule has 1 aromatic carbocycles. The molecular weight excluding hydrogens is 172 g/mol. The Kier molecular flexibility index (Phi) is 4.76. The number of rotatable bonds is 5. The Bertz CT molecular complexity index is 278. The molecule has 2 heteroatoms. The Morgan fingerprint density at radius 1 is 1.29 bits per heavy atom. The highest BCUT2D eigenvalue weighted by molar-refractivity contribution is 5.80. The van der Waals surface area contributed by atoms with E-state index in [1.807, 2.05) is 6.07 Å². The van der Waals surface area contributed by atoms with Crippen LogP contribution in [0.4, 0.5) is 0 Å². The van der Waals surface area contributed by atoms with E-state index in [1.54, 1.807) is 0 Å². The van der Waals surface area contributed by atoms with Crippen molar-refractivity contribution in [1.29, 1.82) is 0 Å². The van der Waals surface area contributed by atoms with Crippen molar-refractivity contribution < 1.29 is 0 Å². The Morgan fingerprint density at radius 3 is 2.64 bits per heavy atom. The maximum atomic E-state index is 5.70. The van der Waals surface area contributed by atoms with Gasteiger partial charge in [-0.1, -0.05) is 37.3 Å². The molecule has 0 saturated heterocycles. The van der Waals surface area contributed by atoms with Gasteiger partial charge in [-0.2, -0.15) is 0 Å². The molecule has 0 aliphatic carbocycles. The van der Waals surface area contributed by atoms with Crippen LogP contribution in [0.5, 0.6) is 0 Å². The van der Waals surface area contributed by atoms with Crippen molar-refractivity contribution in [2.75, 3.05) is 6.54 Å². The zero-order valence-electron chi connectivity index (χ0n) is 8.74. The summed E-state index contributed by atoms with van der Waals surface area (Å²) in [5.74, 6) is 0.781. The molecule has 0 saturated carbocycles. The van der Waals surface area contributed by atoms with E-state index in [4.69, 9.17) is 5.73 Å². The molecule has 0 aliphatic rings. The number of amidine groups is 1. The summed E-state index contributed by atoms with van der Waals surface area (Å²) < 4.78 is 0. The summed E-state index contributed by atoms with van der Waals surface area (Å²) in [7, 11) is 0. The third-order valence-corrected chi connectivity index (χ3v) is 2.06. The minimum Gasteiger partial charge on any atom is -0.387 e. The highest BCUT2D eigenvalue weighted by Crippen LogP contribution is 1.99. The van der Waals surface area contributed by atoms with Crippen molar-refractivity contribution in [3.8, 4) is 0 Å². The molecule has 1 rings (SSSR count). The summed E-state index contributed by atoms with van der Waals surface area (Å²) in [5, 5.41) is 0. The van der Waals surface area contributed by atoms with Crippen molar-refractivity contribution in [2.45, 2.75) is 26.2 Å². The largest absolute Gasteiger partial charge is 0.387 e. The SMILES string of the molecule is CCCC(N)=NCCc1ccccc1. The highest BCUT2D eigenvalue weighted by atomic mass is 14.8. The van der Waals surface area contributed by atoms with Gasteiger partial charge in [0.05, 0.1) is 5.84 Å². The van der Waals surface area contributed by atoms with Gasteiger partial charge in [0.1, 0.15) is 0 Å². The minimum absolute atomic E-state index is 0.781. The molecular formula is C12H18N2. The van der Waals surface area contributed by atoms with Crippen LogP contribution in [-0.2, 0) is 6.42 Å². The van der Waals surface area contributed by atoms with Crippen LogP contribution in [0.3, 0.4) is 0 Å². The topological polar surface area (TPSA) is 38.4 Å². The van der Waals surface area contributed by atoms with E-state index in [-0.39, 0.29) is 0 Å². The van der Waals surface area contributed by atoms with Gasteiger partial charge < -0.3 is 5.73 Å². The van der Waals surface area contributed by atoms with Crippen LogP contribution in [0.2, 0.25) is 0 Å². The van der Waals surface area contributed by atoms with Crippen molar-refractivity contribution in [3.05, 3.63) is 35.9 Å². The quantitative estimate of drug-likeness (QED) is 0.562. The third-order valence-electron chi connectivity index (χ3n) is 2.06. The summed E-state index contributed by atoms with van der Waals surface area (Å²) in [6.07, 6.45) is 2.96. The smallest absolute Gasteiger partial charge is 0.0937 e. The third kappa shape index (κ3) is 4.08. The number of nitrogens with zero attached hydrogens (tertiary/aromatic N) is 1. The van der Waals surface area contributed by atoms with E-state index in [1.165, 1.54) is 5.56 Å². The summed E-state index contributed by atoms with van der Waals surface area (Å²) in [4.78, 5) is 4.30. The van der Waals surface area contributed by atoms with Crippen LogP contribution in [0, 0.1) is 0 Å². The fourth-order valence-electron chi connectivity index (χ4n) is 1.31. The lowest BCUT2D eigenvalue weighted by Crippen LogP contribution is -2.11. The molecule has 0 heterocycles. The lowest BCUT2D eigenvalue weighted by molar-refractivity contribution is 0.926. The predicted octanol–water partition coefficient (Wildman–Crippen LogP) is 2.39. The molecule has 0 aromatic heterocycles. The molecule has 0 atom stereocenters. The molecule has 0 bridgehead atoms. The van der Waals surface area contributed by atoms with Gasteiger partial charge >= 0.3 is 0 Å². The van der Waals surface area contributed by atoms with E-state index in [0.29, 0.717) is 0 Å². The summed E-state index contributed by atoms with van der Waals surface area (Å²) >= 11 is 0. The zero-order valence-corrected chi connectivity index (χ0v) is 8.74. The molecule has 0 fully saturated rings. The van der Waals surface area contributed by atoms with Gasteiger partial charge in [-0.15, -0.1) is 0 Å². The number of aliphatic imine (C=N–C) groups is 1. The van der Waals surface area contributed by atoms with E-state index < -0.39 is 0 Å². The average Bonchev–Trinajstić information content (AvgIpc) is 2.20. The van der Waals surface area contributed by atoms with E-state index in [9.17, 15) is 0 Å². The van der Waals surface area contributed by atoms with Gasteiger partial charge in [0.25, 0.3) is 0 Å². The maximum Gasteiger partial charge on any atom is 0.0937 e. The van der Waals surface area contributed by atoms with Crippen LogP contribution < -0.4 is 5.73 Å². The standard InChI is InChI=1S/C12H18N2/c1-2-6-12(13)14-10-9-11-7-4-3-5-8-11/h3-5,7-8H,2,6,9-10H2,1H3,(H2,13,14). The van der Waals surface area contributed by atoms with E-state index in [0.717, 1.165) is 31.6 Å². The fraction of sp³-hybridized carbons (Fsp3) is 0.417. The molecule has 1 aromatic rings. The van der Waals surface area contributed by atoms with Gasteiger partial charge in [0.2, 0.25) is 0 Å². The minimum atomic E-state index is 0.781. The molecule has 2 nitrogen and oxygen atoms in total. The lowest BCUT2D eigenvalue weighted by Gasteiger charge is -1.99. The monoisotopic (exact) mass is 190 g/mol. The molecule has 0 unspecified atom stereocenters. The second-order valence-electron chi connectivity index (χ2n) is 3.36. The molecule has 0 radical (unpaired) electrons. The number of benzene rings is 1. The molecule has 0 spiro atoms. The van der Waals surface area contributed by atoms with Crippen molar-refractivity contribution in [1.82, 2.24) is 0 Å². The first-order valence-electron chi connectivity index (χ1n) is 5.15. The highest BCUT2D eigenvalue weighted by Gasteiger charge is 1.91. The summed E-state index contributed by atoms with van der Waals surface area (Å²) in [6.45, 7) is 2.91. The summed E-state index contributed by atoms with van der Waals surface area (Å²) in [5.41, 5.74) is 7.02.